The molecule has 0 aromatic heterocycles. The molecule has 1 heterocycles. The van der Waals surface area contributed by atoms with Crippen LogP contribution in [0, 0.1) is 5.82 Å². The minimum absolute atomic E-state index is 0.0437. The van der Waals surface area contributed by atoms with Crippen molar-refractivity contribution in [3.05, 3.63) is 59.4 Å². The minimum atomic E-state index is -0.264. The van der Waals surface area contributed by atoms with Gasteiger partial charge < -0.3 is 10.1 Å². The van der Waals surface area contributed by atoms with Crippen LogP contribution in [0.3, 0.4) is 0 Å². The van der Waals surface area contributed by atoms with Crippen molar-refractivity contribution in [2.45, 2.75) is 4.83 Å². The molecule has 2 aromatic rings. The zero-order chi connectivity index (χ0) is 14.1. The molecule has 0 aliphatic carbocycles. The summed E-state index contributed by atoms with van der Waals surface area (Å²) in [5, 5.41) is 2.77. The smallest absolute Gasteiger partial charge is 0.262 e. The van der Waals surface area contributed by atoms with Crippen molar-refractivity contribution in [3.8, 4) is 5.75 Å². The average Bonchev–Trinajstić information content (AvgIpc) is 2.46. The maximum absolute atomic E-state index is 12.9. The van der Waals surface area contributed by atoms with E-state index in [1.807, 2.05) is 18.2 Å². The summed E-state index contributed by atoms with van der Waals surface area (Å²) >= 11 is 3.59. The molecule has 0 spiro atoms. The Bertz CT molecular complexity index is 657. The van der Waals surface area contributed by atoms with Gasteiger partial charge in [0.1, 0.15) is 11.6 Å². The molecule has 1 atom stereocenters. The van der Waals surface area contributed by atoms with Gasteiger partial charge in [0, 0.05) is 0 Å². The lowest BCUT2D eigenvalue weighted by Gasteiger charge is -2.20. The second-order valence-corrected chi connectivity index (χ2v) is 5.42. The molecule has 0 radical (unpaired) electrons. The second kappa shape index (κ2) is 5.25. The topological polar surface area (TPSA) is 38.3 Å². The van der Waals surface area contributed by atoms with Gasteiger partial charge >= 0.3 is 0 Å². The first kappa shape index (κ1) is 13.1. The highest BCUT2D eigenvalue weighted by molar-refractivity contribution is 9.09. The molecule has 5 heteroatoms. The Balaban J connectivity index is 1.92. The number of alkyl halides is 1. The second-order valence-electron chi connectivity index (χ2n) is 4.51. The number of ether oxygens (including phenoxy) is 1. The molecule has 3 rings (SSSR count). The predicted molar refractivity (Wildman–Crippen MR) is 77.7 cm³/mol. The summed E-state index contributed by atoms with van der Waals surface area (Å²) in [6, 6.07) is 11.9. The van der Waals surface area contributed by atoms with Gasteiger partial charge in [0.05, 0.1) is 10.5 Å². The van der Waals surface area contributed by atoms with Gasteiger partial charge in [-0.1, -0.05) is 34.1 Å². The summed E-state index contributed by atoms with van der Waals surface area (Å²) in [6.45, 7) is 0.0437. The molecular formula is C15H11BrFNO2. The predicted octanol–water partition coefficient (Wildman–Crippen LogP) is 3.64. The third-order valence-corrected chi connectivity index (χ3v) is 4.15. The number of fused-ring (bicyclic) bond motifs is 1. The number of nitrogens with one attached hydrogen (secondary N) is 1. The Morgan fingerprint density at radius 1 is 1.15 bits per heavy atom. The highest BCUT2D eigenvalue weighted by Crippen LogP contribution is 2.36. The molecule has 1 aliphatic rings. The highest BCUT2D eigenvalue weighted by atomic mass is 79.9. The quantitative estimate of drug-likeness (QED) is 0.851. The molecule has 0 fully saturated rings. The van der Waals surface area contributed by atoms with Crippen LogP contribution in [0.15, 0.2) is 42.5 Å². The molecule has 1 N–H and O–H groups in total. The summed E-state index contributed by atoms with van der Waals surface area (Å²) < 4.78 is 18.3. The van der Waals surface area contributed by atoms with Crippen molar-refractivity contribution in [1.82, 2.24) is 0 Å². The lowest BCUT2D eigenvalue weighted by molar-refractivity contribution is -0.118. The van der Waals surface area contributed by atoms with Gasteiger partial charge in [0.25, 0.3) is 5.91 Å². The molecule has 3 nitrogen and oxygen atoms in total. The molecule has 0 bridgehead atoms. The van der Waals surface area contributed by atoms with Crippen molar-refractivity contribution in [3.63, 3.8) is 0 Å². The number of anilines is 1. The Labute approximate surface area is 123 Å². The first-order valence-corrected chi connectivity index (χ1v) is 7.01. The summed E-state index contributed by atoms with van der Waals surface area (Å²) in [7, 11) is 0. The molecule has 0 saturated carbocycles. The molecule has 1 unspecified atom stereocenters. The normalized spacial score (nSPS) is 15.0. The van der Waals surface area contributed by atoms with Crippen LogP contribution in [-0.4, -0.2) is 12.5 Å². The fourth-order valence-corrected chi connectivity index (χ4v) is 2.67. The van der Waals surface area contributed by atoms with Crippen LogP contribution in [-0.2, 0) is 4.79 Å². The minimum Gasteiger partial charge on any atom is -0.482 e. The van der Waals surface area contributed by atoms with E-state index >= 15 is 0 Å². The third-order valence-electron chi connectivity index (χ3n) is 3.09. The van der Waals surface area contributed by atoms with E-state index in [-0.39, 0.29) is 23.2 Å². The van der Waals surface area contributed by atoms with E-state index in [1.54, 1.807) is 12.1 Å². The van der Waals surface area contributed by atoms with Gasteiger partial charge in [-0.2, -0.15) is 0 Å². The largest absolute Gasteiger partial charge is 0.482 e. The summed E-state index contributed by atoms with van der Waals surface area (Å²) in [6.07, 6.45) is 0. The lowest BCUT2D eigenvalue weighted by atomic mass is 10.0. The summed E-state index contributed by atoms with van der Waals surface area (Å²) in [5.74, 6) is 0.231. The first-order valence-electron chi connectivity index (χ1n) is 6.09. The Morgan fingerprint density at radius 3 is 2.60 bits per heavy atom. The van der Waals surface area contributed by atoms with Gasteiger partial charge in [-0.15, -0.1) is 0 Å². The Kier molecular flexibility index (Phi) is 3.44. The van der Waals surface area contributed by atoms with Crippen LogP contribution in [0.5, 0.6) is 5.75 Å². The summed E-state index contributed by atoms with van der Waals surface area (Å²) in [4.78, 5) is 11.2. The molecule has 2 aromatic carbocycles. The van der Waals surface area contributed by atoms with E-state index in [2.05, 4.69) is 21.2 Å². The average molecular weight is 336 g/mol. The van der Waals surface area contributed by atoms with Gasteiger partial charge in [-0.3, -0.25) is 4.79 Å². The molecule has 102 valence electrons. The lowest BCUT2D eigenvalue weighted by Crippen LogP contribution is -2.25. The van der Waals surface area contributed by atoms with Gasteiger partial charge in [-0.25, -0.2) is 4.39 Å². The Morgan fingerprint density at radius 2 is 1.85 bits per heavy atom. The highest BCUT2D eigenvalue weighted by Gasteiger charge is 2.18. The molecule has 1 amide bonds. The Hall–Kier alpha value is -1.88. The van der Waals surface area contributed by atoms with Crippen LogP contribution >= 0.6 is 15.9 Å². The monoisotopic (exact) mass is 335 g/mol. The number of carbonyl (C=O) groups is 1. The third kappa shape index (κ3) is 2.54. The van der Waals surface area contributed by atoms with E-state index in [0.29, 0.717) is 11.4 Å². The maximum Gasteiger partial charge on any atom is 0.262 e. The van der Waals surface area contributed by atoms with Crippen LogP contribution < -0.4 is 10.1 Å². The van der Waals surface area contributed by atoms with E-state index in [0.717, 1.165) is 11.1 Å². The van der Waals surface area contributed by atoms with Crippen LogP contribution in [0.2, 0.25) is 0 Å². The number of benzene rings is 2. The standard InChI is InChI=1S/C15H11BrFNO2/c16-15(9-1-4-11(17)5-2-9)10-3-6-13-12(7-10)18-14(19)8-20-13/h1-7,15H,8H2,(H,18,19). The molecule has 0 saturated heterocycles. The first-order chi connectivity index (χ1) is 9.63. The van der Waals surface area contributed by atoms with Crippen LogP contribution in [0.25, 0.3) is 0 Å². The molecule has 20 heavy (non-hydrogen) atoms. The number of halogens is 2. The number of amides is 1. The number of carbonyl (C=O) groups excluding carboxylic acids is 1. The van der Waals surface area contributed by atoms with Gasteiger partial charge in [-0.05, 0) is 35.4 Å². The summed E-state index contributed by atoms with van der Waals surface area (Å²) in [5.41, 5.74) is 2.56. The number of hydrogen-bond acceptors (Lipinski definition) is 2. The molecule has 1 aliphatic heterocycles. The fourth-order valence-electron chi connectivity index (χ4n) is 2.08. The van der Waals surface area contributed by atoms with E-state index in [1.165, 1.54) is 12.1 Å². The SMILES string of the molecule is O=C1COc2ccc(C(Br)c3ccc(F)cc3)cc2N1. The van der Waals surface area contributed by atoms with Crippen molar-refractivity contribution < 1.29 is 13.9 Å². The number of rotatable bonds is 2. The van der Waals surface area contributed by atoms with Crippen molar-refractivity contribution in [1.29, 1.82) is 0 Å². The van der Waals surface area contributed by atoms with Crippen LogP contribution in [0.1, 0.15) is 16.0 Å². The zero-order valence-corrected chi connectivity index (χ0v) is 12.0. The number of hydrogen-bond donors (Lipinski definition) is 1. The molecular weight excluding hydrogens is 325 g/mol. The van der Waals surface area contributed by atoms with Crippen molar-refractivity contribution in [2.75, 3.05) is 11.9 Å². The van der Waals surface area contributed by atoms with E-state index in [4.69, 9.17) is 4.74 Å². The van der Waals surface area contributed by atoms with Gasteiger partial charge in [0.15, 0.2) is 6.61 Å². The van der Waals surface area contributed by atoms with E-state index < -0.39 is 0 Å². The van der Waals surface area contributed by atoms with Gasteiger partial charge in [0.2, 0.25) is 0 Å². The van der Waals surface area contributed by atoms with Crippen molar-refractivity contribution in [2.24, 2.45) is 0 Å². The van der Waals surface area contributed by atoms with Crippen molar-refractivity contribution >= 4 is 27.5 Å². The van der Waals surface area contributed by atoms with Crippen LogP contribution in [0.4, 0.5) is 10.1 Å². The fraction of sp³-hybridized carbons (Fsp3) is 0.133. The maximum atomic E-state index is 12.9. The van der Waals surface area contributed by atoms with E-state index in [9.17, 15) is 9.18 Å². The zero-order valence-electron chi connectivity index (χ0n) is 10.4.